The molecule has 1 heterocycles. The number of hydrogen-bond acceptors (Lipinski definition) is 6. The number of anilines is 1. The van der Waals surface area contributed by atoms with E-state index in [1.54, 1.807) is 6.07 Å². The Labute approximate surface area is 111 Å². The molecule has 0 radical (unpaired) electrons. The van der Waals surface area contributed by atoms with Gasteiger partial charge in [-0.3, -0.25) is 0 Å². The van der Waals surface area contributed by atoms with Gasteiger partial charge in [-0.1, -0.05) is 21.1 Å². The minimum Gasteiger partial charge on any atom is -0.398 e. The second kappa shape index (κ2) is 5.00. The highest BCUT2D eigenvalue weighted by molar-refractivity contribution is 9.10. The van der Waals surface area contributed by atoms with Crippen LogP contribution in [0, 0.1) is 0 Å². The topological polar surface area (TPSA) is 127 Å². The highest BCUT2D eigenvalue weighted by Crippen LogP contribution is 2.22. The van der Waals surface area contributed by atoms with Crippen molar-refractivity contribution in [2.45, 2.75) is 11.4 Å². The SMILES string of the molecule is Nc1ccc(Br)cc1S(=O)(=O)NCc1nn[nH]n1. The van der Waals surface area contributed by atoms with E-state index in [2.05, 4.69) is 41.3 Å². The number of aromatic nitrogens is 4. The second-order valence-electron chi connectivity index (χ2n) is 3.33. The lowest BCUT2D eigenvalue weighted by Gasteiger charge is -2.08. The molecule has 0 atom stereocenters. The lowest BCUT2D eigenvalue weighted by molar-refractivity contribution is 0.579. The standard InChI is InChI=1S/C8H9BrN6O2S/c9-5-1-2-6(10)7(3-5)18(16,17)11-4-8-12-14-15-13-8/h1-3,11H,4,10H2,(H,12,13,14,15). The third kappa shape index (κ3) is 2.83. The van der Waals surface area contributed by atoms with E-state index in [-0.39, 0.29) is 23.0 Å². The number of tetrazole rings is 1. The van der Waals surface area contributed by atoms with Crippen molar-refractivity contribution in [2.75, 3.05) is 5.73 Å². The number of nitrogen functional groups attached to an aromatic ring is 1. The zero-order chi connectivity index (χ0) is 13.2. The monoisotopic (exact) mass is 332 g/mol. The van der Waals surface area contributed by atoms with Gasteiger partial charge in [-0.25, -0.2) is 13.1 Å². The molecule has 4 N–H and O–H groups in total. The molecule has 0 aliphatic carbocycles. The molecule has 0 aliphatic rings. The van der Waals surface area contributed by atoms with E-state index in [0.29, 0.717) is 4.47 Å². The smallest absolute Gasteiger partial charge is 0.243 e. The van der Waals surface area contributed by atoms with Crippen LogP contribution in [0.5, 0.6) is 0 Å². The van der Waals surface area contributed by atoms with Gasteiger partial charge in [0.15, 0.2) is 5.82 Å². The number of aromatic amines is 1. The maximum atomic E-state index is 12.0. The number of hydrogen-bond donors (Lipinski definition) is 3. The molecule has 10 heteroatoms. The van der Waals surface area contributed by atoms with Crippen molar-refractivity contribution in [1.29, 1.82) is 0 Å². The minimum absolute atomic E-state index is 0.000342. The van der Waals surface area contributed by atoms with Crippen molar-refractivity contribution in [2.24, 2.45) is 0 Å². The fourth-order valence-electron chi connectivity index (χ4n) is 1.24. The van der Waals surface area contributed by atoms with Gasteiger partial charge < -0.3 is 5.73 Å². The van der Waals surface area contributed by atoms with Gasteiger partial charge in [0.2, 0.25) is 10.0 Å². The second-order valence-corrected chi connectivity index (χ2v) is 5.99. The average Bonchev–Trinajstić information content (AvgIpc) is 2.83. The first kappa shape index (κ1) is 12.9. The number of nitrogens with one attached hydrogen (secondary N) is 2. The van der Waals surface area contributed by atoms with E-state index in [9.17, 15) is 8.42 Å². The van der Waals surface area contributed by atoms with Crippen LogP contribution in [0.4, 0.5) is 5.69 Å². The Morgan fingerprint density at radius 2 is 2.22 bits per heavy atom. The molecule has 8 nitrogen and oxygen atoms in total. The zero-order valence-corrected chi connectivity index (χ0v) is 11.4. The number of rotatable bonds is 4. The molecule has 0 aliphatic heterocycles. The third-order valence-electron chi connectivity index (χ3n) is 2.07. The van der Waals surface area contributed by atoms with E-state index >= 15 is 0 Å². The summed E-state index contributed by atoms with van der Waals surface area (Å²) >= 11 is 3.19. The van der Waals surface area contributed by atoms with E-state index in [0.717, 1.165) is 0 Å². The number of nitrogens with two attached hydrogens (primary N) is 1. The molecule has 2 rings (SSSR count). The van der Waals surface area contributed by atoms with Crippen LogP contribution in [0.3, 0.4) is 0 Å². The predicted molar refractivity (Wildman–Crippen MR) is 66.8 cm³/mol. The summed E-state index contributed by atoms with van der Waals surface area (Å²) in [6, 6.07) is 4.59. The highest BCUT2D eigenvalue weighted by atomic mass is 79.9. The van der Waals surface area contributed by atoms with Gasteiger partial charge in [0.25, 0.3) is 0 Å². The maximum Gasteiger partial charge on any atom is 0.243 e. The minimum atomic E-state index is -3.72. The van der Waals surface area contributed by atoms with Crippen LogP contribution in [0.1, 0.15) is 5.82 Å². The molecule has 0 fully saturated rings. The predicted octanol–water partition coefficient (Wildman–Crippen LogP) is 0.0229. The summed E-state index contributed by atoms with van der Waals surface area (Å²) in [6.45, 7) is -0.0647. The molecule has 0 amide bonds. The van der Waals surface area contributed by atoms with Gasteiger partial charge in [0, 0.05) is 4.47 Å². The Bertz CT molecular complexity index is 642. The normalized spacial score (nSPS) is 11.6. The van der Waals surface area contributed by atoms with E-state index < -0.39 is 10.0 Å². The van der Waals surface area contributed by atoms with Crippen molar-refractivity contribution in [3.63, 3.8) is 0 Å². The van der Waals surface area contributed by atoms with Crippen LogP contribution in [-0.4, -0.2) is 29.0 Å². The van der Waals surface area contributed by atoms with Gasteiger partial charge >= 0.3 is 0 Å². The van der Waals surface area contributed by atoms with Crippen molar-refractivity contribution >= 4 is 31.6 Å². The van der Waals surface area contributed by atoms with Crippen LogP contribution in [0.15, 0.2) is 27.6 Å². The van der Waals surface area contributed by atoms with Crippen LogP contribution >= 0.6 is 15.9 Å². The largest absolute Gasteiger partial charge is 0.398 e. The van der Waals surface area contributed by atoms with Crippen molar-refractivity contribution in [3.8, 4) is 0 Å². The van der Waals surface area contributed by atoms with Gasteiger partial charge in [0.05, 0.1) is 12.2 Å². The Hall–Kier alpha value is -1.52. The van der Waals surface area contributed by atoms with E-state index in [1.807, 2.05) is 0 Å². The fraction of sp³-hybridized carbons (Fsp3) is 0.125. The first-order valence-electron chi connectivity index (χ1n) is 4.76. The van der Waals surface area contributed by atoms with Crippen molar-refractivity contribution in [3.05, 3.63) is 28.5 Å². The van der Waals surface area contributed by atoms with Crippen molar-refractivity contribution in [1.82, 2.24) is 25.3 Å². The Morgan fingerprint density at radius 1 is 1.44 bits per heavy atom. The number of H-pyrrole nitrogens is 1. The van der Waals surface area contributed by atoms with Crippen LogP contribution in [0.2, 0.25) is 0 Å². The quantitative estimate of drug-likeness (QED) is 0.677. The molecule has 0 unspecified atom stereocenters. The molecule has 96 valence electrons. The molecule has 0 spiro atoms. The molecule has 0 saturated carbocycles. The Morgan fingerprint density at radius 3 is 2.89 bits per heavy atom. The van der Waals surface area contributed by atoms with Gasteiger partial charge in [-0.2, -0.15) is 5.21 Å². The van der Waals surface area contributed by atoms with Crippen LogP contribution in [-0.2, 0) is 16.6 Å². The van der Waals surface area contributed by atoms with Crippen molar-refractivity contribution < 1.29 is 8.42 Å². The molecule has 0 saturated heterocycles. The summed E-state index contributed by atoms with van der Waals surface area (Å²) < 4.78 is 27.0. The number of benzene rings is 1. The molecule has 2 aromatic rings. The molecular formula is C8H9BrN6O2S. The van der Waals surface area contributed by atoms with E-state index in [1.165, 1.54) is 12.1 Å². The Kier molecular flexibility index (Phi) is 3.59. The summed E-state index contributed by atoms with van der Waals surface area (Å²) in [7, 11) is -3.72. The lowest BCUT2D eigenvalue weighted by Crippen LogP contribution is -2.24. The lowest BCUT2D eigenvalue weighted by atomic mass is 10.3. The molecule has 1 aromatic carbocycles. The first-order chi connectivity index (χ1) is 8.49. The van der Waals surface area contributed by atoms with Gasteiger partial charge in [-0.05, 0) is 18.2 Å². The highest BCUT2D eigenvalue weighted by Gasteiger charge is 2.18. The van der Waals surface area contributed by atoms with E-state index in [4.69, 9.17) is 5.73 Å². The molecular weight excluding hydrogens is 324 g/mol. The summed E-state index contributed by atoms with van der Waals surface area (Å²) in [5.41, 5.74) is 5.80. The summed E-state index contributed by atoms with van der Waals surface area (Å²) in [5, 5.41) is 12.8. The zero-order valence-electron chi connectivity index (χ0n) is 8.96. The average molecular weight is 333 g/mol. The van der Waals surface area contributed by atoms with Gasteiger partial charge in [0.1, 0.15) is 4.90 Å². The number of nitrogens with zero attached hydrogens (tertiary/aromatic N) is 3. The fourth-order valence-corrected chi connectivity index (χ4v) is 2.88. The molecule has 18 heavy (non-hydrogen) atoms. The molecule has 1 aromatic heterocycles. The molecule has 0 bridgehead atoms. The third-order valence-corrected chi connectivity index (χ3v) is 4.02. The number of sulfonamides is 1. The summed E-state index contributed by atoms with van der Waals surface area (Å²) in [4.78, 5) is 0.000342. The van der Waals surface area contributed by atoms with Crippen LogP contribution in [0.25, 0.3) is 0 Å². The first-order valence-corrected chi connectivity index (χ1v) is 7.03. The van der Waals surface area contributed by atoms with Crippen LogP contribution < -0.4 is 10.5 Å². The van der Waals surface area contributed by atoms with Gasteiger partial charge in [-0.15, -0.1) is 10.2 Å². The number of halogens is 1. The summed E-state index contributed by atoms with van der Waals surface area (Å²) in [5.74, 6) is 0.243. The summed E-state index contributed by atoms with van der Waals surface area (Å²) in [6.07, 6.45) is 0. The Balaban J connectivity index is 2.22. The maximum absolute atomic E-state index is 12.0.